The van der Waals surface area contributed by atoms with Crippen molar-refractivity contribution in [2.45, 2.75) is 45.4 Å². The average molecular weight is 289 g/mol. The minimum Gasteiger partial charge on any atom is -0.306 e. The normalized spacial score (nSPS) is 11.6. The van der Waals surface area contributed by atoms with Crippen LogP contribution in [0.15, 0.2) is 0 Å². The first kappa shape index (κ1) is 18.5. The van der Waals surface area contributed by atoms with Crippen LogP contribution >= 0.6 is 8.25 Å². The second-order valence-electron chi connectivity index (χ2n) is 4.52. The first-order valence-corrected chi connectivity index (χ1v) is 8.08. The molecule has 0 fully saturated rings. The van der Waals surface area contributed by atoms with Crippen LogP contribution in [0, 0.1) is 11.3 Å². The molecule has 0 aliphatic rings. The van der Waals surface area contributed by atoms with Crippen LogP contribution in [-0.2, 0) is 13.6 Å². The van der Waals surface area contributed by atoms with Crippen molar-refractivity contribution in [2.75, 3.05) is 33.4 Å². The molecule has 0 aliphatic heterocycles. The van der Waals surface area contributed by atoms with Gasteiger partial charge >= 0.3 is 8.25 Å². The molecule has 0 saturated carbocycles. The lowest BCUT2D eigenvalue weighted by atomic mass is 10.2. The van der Waals surface area contributed by atoms with E-state index in [1.165, 1.54) is 25.7 Å². The van der Waals surface area contributed by atoms with Crippen molar-refractivity contribution in [3.05, 3.63) is 0 Å². The van der Waals surface area contributed by atoms with E-state index in [-0.39, 0.29) is 13.0 Å². The van der Waals surface area contributed by atoms with E-state index in [4.69, 9.17) is 14.3 Å². The number of unbranched alkanes of at least 4 members (excludes halogenated alkanes) is 3. The standard InChI is InChI=1S/C13H26N2O3P/c1-3-4-5-6-10-15(2)11-8-13-18-19(16)17-12-7-9-14/h3-8,10-13H2,1-2H3/q+1. The molecule has 0 heterocycles. The first-order valence-electron chi connectivity index (χ1n) is 6.99. The Morgan fingerprint density at radius 3 is 2.47 bits per heavy atom. The summed E-state index contributed by atoms with van der Waals surface area (Å²) in [6.07, 6.45) is 6.17. The van der Waals surface area contributed by atoms with Gasteiger partial charge in [-0.2, -0.15) is 5.26 Å². The van der Waals surface area contributed by atoms with Crippen LogP contribution in [0.4, 0.5) is 0 Å². The van der Waals surface area contributed by atoms with E-state index in [0.29, 0.717) is 6.61 Å². The highest BCUT2D eigenvalue weighted by atomic mass is 31.1. The SMILES string of the molecule is CCCCCCN(C)CCCO[P+](=O)OCCC#N. The van der Waals surface area contributed by atoms with Crippen molar-refractivity contribution in [1.82, 2.24) is 4.90 Å². The maximum Gasteiger partial charge on any atom is 0.697 e. The molecule has 0 aliphatic carbocycles. The Morgan fingerprint density at radius 2 is 1.79 bits per heavy atom. The largest absolute Gasteiger partial charge is 0.697 e. The quantitative estimate of drug-likeness (QED) is 0.383. The molecule has 6 heteroatoms. The zero-order valence-corrected chi connectivity index (χ0v) is 13.0. The molecule has 1 unspecified atom stereocenters. The van der Waals surface area contributed by atoms with Gasteiger partial charge in [0.05, 0.1) is 12.5 Å². The third kappa shape index (κ3) is 13.7. The van der Waals surface area contributed by atoms with Crippen molar-refractivity contribution in [3.63, 3.8) is 0 Å². The molecule has 0 aromatic carbocycles. The summed E-state index contributed by atoms with van der Waals surface area (Å²) in [7, 11) is 0.0340. The molecule has 0 rings (SSSR count). The molecule has 0 spiro atoms. The molecule has 0 bridgehead atoms. The van der Waals surface area contributed by atoms with Gasteiger partial charge in [0, 0.05) is 11.1 Å². The zero-order valence-electron chi connectivity index (χ0n) is 12.1. The zero-order chi connectivity index (χ0) is 14.3. The molecular weight excluding hydrogens is 263 g/mol. The molecular formula is C13H26N2O3P+. The smallest absolute Gasteiger partial charge is 0.306 e. The van der Waals surface area contributed by atoms with E-state index in [9.17, 15) is 4.57 Å². The average Bonchev–Trinajstić information content (AvgIpc) is 2.40. The van der Waals surface area contributed by atoms with Crippen molar-refractivity contribution >= 4 is 8.25 Å². The van der Waals surface area contributed by atoms with Gasteiger partial charge in [-0.15, -0.1) is 9.05 Å². The summed E-state index contributed by atoms with van der Waals surface area (Å²) in [6, 6.07) is 1.92. The molecule has 1 atom stereocenters. The topological polar surface area (TPSA) is 62.6 Å². The highest BCUT2D eigenvalue weighted by molar-refractivity contribution is 7.33. The van der Waals surface area contributed by atoms with Crippen LogP contribution in [0.5, 0.6) is 0 Å². The molecule has 0 saturated heterocycles. The molecule has 0 aromatic rings. The monoisotopic (exact) mass is 289 g/mol. The maximum absolute atomic E-state index is 11.2. The van der Waals surface area contributed by atoms with Crippen LogP contribution in [0.2, 0.25) is 0 Å². The van der Waals surface area contributed by atoms with Crippen molar-refractivity contribution in [1.29, 1.82) is 5.26 Å². The Bertz CT molecular complexity index is 269. The Labute approximate surface area is 117 Å². The van der Waals surface area contributed by atoms with Crippen molar-refractivity contribution in [2.24, 2.45) is 0 Å². The van der Waals surface area contributed by atoms with Crippen LogP contribution < -0.4 is 0 Å². The van der Waals surface area contributed by atoms with Gasteiger partial charge in [0.15, 0.2) is 0 Å². The van der Waals surface area contributed by atoms with Gasteiger partial charge in [0.25, 0.3) is 0 Å². The second kappa shape index (κ2) is 13.9. The molecule has 0 amide bonds. The third-order valence-electron chi connectivity index (χ3n) is 2.68. The van der Waals surface area contributed by atoms with Gasteiger partial charge in [-0.05, 0) is 26.4 Å². The van der Waals surface area contributed by atoms with E-state index in [1.807, 2.05) is 6.07 Å². The fourth-order valence-corrected chi connectivity index (χ4v) is 2.19. The van der Waals surface area contributed by atoms with E-state index in [2.05, 4.69) is 18.9 Å². The van der Waals surface area contributed by atoms with Gasteiger partial charge in [-0.3, -0.25) is 0 Å². The summed E-state index contributed by atoms with van der Waals surface area (Å²) in [6.45, 7) is 4.85. The van der Waals surface area contributed by atoms with Crippen LogP contribution in [0.3, 0.4) is 0 Å². The van der Waals surface area contributed by atoms with Crippen molar-refractivity contribution < 1.29 is 13.6 Å². The fraction of sp³-hybridized carbons (Fsp3) is 0.923. The van der Waals surface area contributed by atoms with Gasteiger partial charge in [0.1, 0.15) is 13.2 Å². The summed E-state index contributed by atoms with van der Waals surface area (Å²) >= 11 is 0. The lowest BCUT2D eigenvalue weighted by Gasteiger charge is -2.15. The highest BCUT2D eigenvalue weighted by Gasteiger charge is 2.19. The summed E-state index contributed by atoms with van der Waals surface area (Å²) in [5.41, 5.74) is 0. The Morgan fingerprint density at radius 1 is 1.11 bits per heavy atom. The minimum atomic E-state index is -2.06. The molecule has 5 nitrogen and oxygen atoms in total. The second-order valence-corrected chi connectivity index (χ2v) is 5.48. The van der Waals surface area contributed by atoms with Gasteiger partial charge in [-0.1, -0.05) is 26.2 Å². The summed E-state index contributed by atoms with van der Waals surface area (Å²) in [4.78, 5) is 2.27. The lowest BCUT2D eigenvalue weighted by Crippen LogP contribution is -2.21. The molecule has 0 aromatic heterocycles. The van der Waals surface area contributed by atoms with E-state index in [1.54, 1.807) is 0 Å². The Hall–Kier alpha value is -0.530. The van der Waals surface area contributed by atoms with Crippen LogP contribution in [0.1, 0.15) is 45.4 Å². The molecule has 19 heavy (non-hydrogen) atoms. The van der Waals surface area contributed by atoms with Gasteiger partial charge < -0.3 is 4.90 Å². The Balaban J connectivity index is 3.32. The maximum atomic E-state index is 11.2. The number of hydrogen-bond donors (Lipinski definition) is 0. The number of hydrogen-bond acceptors (Lipinski definition) is 5. The molecule has 0 N–H and O–H groups in total. The van der Waals surface area contributed by atoms with Crippen LogP contribution in [-0.4, -0.2) is 38.3 Å². The predicted molar refractivity (Wildman–Crippen MR) is 76.0 cm³/mol. The number of nitrogens with zero attached hydrogens (tertiary/aromatic N) is 2. The highest BCUT2D eigenvalue weighted by Crippen LogP contribution is 2.23. The predicted octanol–water partition coefficient (Wildman–Crippen LogP) is 3.49. The summed E-state index contributed by atoms with van der Waals surface area (Å²) < 4.78 is 21.1. The van der Waals surface area contributed by atoms with E-state index < -0.39 is 8.25 Å². The molecule has 110 valence electrons. The van der Waals surface area contributed by atoms with Crippen molar-refractivity contribution in [3.8, 4) is 6.07 Å². The number of nitriles is 1. The van der Waals surface area contributed by atoms with E-state index in [0.717, 1.165) is 19.5 Å². The third-order valence-corrected chi connectivity index (χ3v) is 3.47. The Kier molecular flexibility index (Phi) is 13.5. The first-order chi connectivity index (χ1) is 9.20. The van der Waals surface area contributed by atoms with Gasteiger partial charge in [0.2, 0.25) is 0 Å². The molecule has 0 radical (unpaired) electrons. The van der Waals surface area contributed by atoms with Crippen LogP contribution in [0.25, 0.3) is 0 Å². The minimum absolute atomic E-state index is 0.170. The summed E-state index contributed by atoms with van der Waals surface area (Å²) in [5, 5.41) is 8.29. The lowest BCUT2D eigenvalue weighted by molar-refractivity contribution is 0.214. The number of rotatable bonds is 13. The fourth-order valence-electron chi connectivity index (χ4n) is 1.60. The van der Waals surface area contributed by atoms with E-state index >= 15 is 0 Å². The van der Waals surface area contributed by atoms with Gasteiger partial charge in [-0.25, -0.2) is 0 Å². The summed E-state index contributed by atoms with van der Waals surface area (Å²) in [5.74, 6) is 0.